The van der Waals surface area contributed by atoms with E-state index in [4.69, 9.17) is 9.15 Å². The highest BCUT2D eigenvalue weighted by atomic mass is 16.5. The van der Waals surface area contributed by atoms with Gasteiger partial charge in [0.2, 0.25) is 0 Å². The van der Waals surface area contributed by atoms with Gasteiger partial charge in [-0.05, 0) is 12.1 Å². The zero-order valence-electron chi connectivity index (χ0n) is 11.4. The third-order valence-corrected chi connectivity index (χ3v) is 2.79. The van der Waals surface area contributed by atoms with Crippen LogP contribution in [0.25, 0.3) is 0 Å². The number of hydrogen-bond acceptors (Lipinski definition) is 5. The molecule has 0 aliphatic carbocycles. The molecule has 0 aliphatic heterocycles. The molecule has 0 aromatic carbocycles. The summed E-state index contributed by atoms with van der Waals surface area (Å²) >= 11 is 0. The van der Waals surface area contributed by atoms with E-state index in [0.717, 1.165) is 10.8 Å². The van der Waals surface area contributed by atoms with Crippen LogP contribution in [0.2, 0.25) is 0 Å². The molecule has 2 rings (SSSR count). The number of rotatable bonds is 6. The Kier molecular flexibility index (Phi) is 4.72. The van der Waals surface area contributed by atoms with E-state index in [-0.39, 0.29) is 18.7 Å². The number of aromatic nitrogens is 2. The third-order valence-electron chi connectivity index (χ3n) is 2.79. The highest BCUT2D eigenvalue weighted by Gasteiger charge is 2.15. The lowest BCUT2D eigenvalue weighted by Crippen LogP contribution is -2.41. The molecule has 8 heteroatoms. The lowest BCUT2D eigenvalue weighted by Gasteiger charge is -2.06. The number of nitrogens with one attached hydrogen (secondary N) is 2. The molecule has 2 aromatic rings. The maximum Gasteiger partial charge on any atom is 0.328 e. The SMILES string of the molecule is COCCNC(=O)c1c[nH]c(=O)n(Cc2ccco2)c1=O. The number of carbonyl (C=O) groups excluding carboxylic acids is 1. The lowest BCUT2D eigenvalue weighted by molar-refractivity contribution is 0.0934. The van der Waals surface area contributed by atoms with Gasteiger partial charge in [0.05, 0.1) is 19.4 Å². The van der Waals surface area contributed by atoms with Crippen molar-refractivity contribution in [3.05, 3.63) is 56.8 Å². The third kappa shape index (κ3) is 3.48. The van der Waals surface area contributed by atoms with E-state index < -0.39 is 17.2 Å². The van der Waals surface area contributed by atoms with Crippen molar-refractivity contribution in [3.8, 4) is 0 Å². The van der Waals surface area contributed by atoms with E-state index in [1.807, 2.05) is 0 Å². The second-order valence-electron chi connectivity index (χ2n) is 4.23. The number of nitrogens with zero attached hydrogens (tertiary/aromatic N) is 1. The number of H-pyrrole nitrogens is 1. The van der Waals surface area contributed by atoms with Gasteiger partial charge in [-0.15, -0.1) is 0 Å². The van der Waals surface area contributed by atoms with Crippen LogP contribution in [-0.4, -0.2) is 35.7 Å². The van der Waals surface area contributed by atoms with Gasteiger partial charge in [-0.2, -0.15) is 0 Å². The molecule has 21 heavy (non-hydrogen) atoms. The van der Waals surface area contributed by atoms with Crippen molar-refractivity contribution in [1.82, 2.24) is 14.9 Å². The van der Waals surface area contributed by atoms with Gasteiger partial charge in [0, 0.05) is 19.9 Å². The van der Waals surface area contributed by atoms with Crippen molar-refractivity contribution in [1.29, 1.82) is 0 Å². The summed E-state index contributed by atoms with van der Waals surface area (Å²) in [5.74, 6) is -0.124. The first-order valence-electron chi connectivity index (χ1n) is 6.25. The van der Waals surface area contributed by atoms with Crippen LogP contribution in [-0.2, 0) is 11.3 Å². The molecule has 2 N–H and O–H groups in total. The van der Waals surface area contributed by atoms with Crippen LogP contribution in [0.1, 0.15) is 16.1 Å². The van der Waals surface area contributed by atoms with E-state index in [2.05, 4.69) is 10.3 Å². The van der Waals surface area contributed by atoms with E-state index in [9.17, 15) is 14.4 Å². The topological polar surface area (TPSA) is 106 Å². The number of aromatic amines is 1. The monoisotopic (exact) mass is 293 g/mol. The van der Waals surface area contributed by atoms with Crippen LogP contribution in [0.4, 0.5) is 0 Å². The van der Waals surface area contributed by atoms with E-state index in [1.54, 1.807) is 12.1 Å². The summed E-state index contributed by atoms with van der Waals surface area (Å²) in [5, 5.41) is 2.52. The molecular formula is C13H15N3O5. The molecule has 0 fully saturated rings. The van der Waals surface area contributed by atoms with E-state index in [1.165, 1.54) is 13.4 Å². The summed E-state index contributed by atoms with van der Waals surface area (Å²) in [7, 11) is 1.50. The fourth-order valence-corrected chi connectivity index (χ4v) is 1.74. The zero-order chi connectivity index (χ0) is 15.2. The van der Waals surface area contributed by atoms with Crippen LogP contribution in [0.15, 0.2) is 38.6 Å². The number of carbonyl (C=O) groups is 1. The maximum atomic E-state index is 12.2. The van der Waals surface area contributed by atoms with Gasteiger partial charge in [-0.3, -0.25) is 14.2 Å². The molecule has 0 unspecified atom stereocenters. The van der Waals surface area contributed by atoms with E-state index in [0.29, 0.717) is 12.4 Å². The summed E-state index contributed by atoms with van der Waals surface area (Å²) in [4.78, 5) is 38.2. The Morgan fingerprint density at radius 3 is 2.95 bits per heavy atom. The molecule has 2 heterocycles. The van der Waals surface area contributed by atoms with Gasteiger partial charge in [-0.1, -0.05) is 0 Å². The second-order valence-corrected chi connectivity index (χ2v) is 4.23. The summed E-state index contributed by atoms with van der Waals surface area (Å²) in [5.41, 5.74) is -1.42. The van der Waals surface area contributed by atoms with Crippen molar-refractivity contribution in [2.75, 3.05) is 20.3 Å². The zero-order valence-corrected chi connectivity index (χ0v) is 11.4. The molecular weight excluding hydrogens is 278 g/mol. The Bertz CT molecular complexity index is 714. The predicted molar refractivity (Wildman–Crippen MR) is 73.3 cm³/mol. The lowest BCUT2D eigenvalue weighted by atomic mass is 10.3. The quantitative estimate of drug-likeness (QED) is 0.702. The fourth-order valence-electron chi connectivity index (χ4n) is 1.74. The van der Waals surface area contributed by atoms with Gasteiger partial charge in [0.25, 0.3) is 11.5 Å². The van der Waals surface area contributed by atoms with Crippen molar-refractivity contribution in [2.45, 2.75) is 6.54 Å². The summed E-state index contributed by atoms with van der Waals surface area (Å²) in [6.45, 7) is 0.558. The number of amides is 1. The van der Waals surface area contributed by atoms with Crippen LogP contribution < -0.4 is 16.6 Å². The van der Waals surface area contributed by atoms with Gasteiger partial charge in [0.15, 0.2) is 0 Å². The van der Waals surface area contributed by atoms with Gasteiger partial charge < -0.3 is 19.5 Å². The van der Waals surface area contributed by atoms with Crippen LogP contribution in [0.3, 0.4) is 0 Å². The number of methoxy groups -OCH3 is 1. The van der Waals surface area contributed by atoms with Crippen molar-refractivity contribution >= 4 is 5.91 Å². The summed E-state index contributed by atoms with van der Waals surface area (Å²) in [6, 6.07) is 3.28. The largest absolute Gasteiger partial charge is 0.467 e. The van der Waals surface area contributed by atoms with Crippen LogP contribution in [0, 0.1) is 0 Å². The maximum absolute atomic E-state index is 12.2. The molecule has 0 spiro atoms. The molecule has 1 amide bonds. The molecule has 0 atom stereocenters. The van der Waals surface area contributed by atoms with Crippen molar-refractivity contribution in [2.24, 2.45) is 0 Å². The first-order chi connectivity index (χ1) is 10.1. The first-order valence-corrected chi connectivity index (χ1v) is 6.25. The Balaban J connectivity index is 2.26. The highest BCUT2D eigenvalue weighted by Crippen LogP contribution is 2.00. The predicted octanol–water partition coefficient (Wildman–Crippen LogP) is -0.446. The van der Waals surface area contributed by atoms with Gasteiger partial charge >= 0.3 is 5.69 Å². The minimum Gasteiger partial charge on any atom is -0.467 e. The van der Waals surface area contributed by atoms with Gasteiger partial charge in [0.1, 0.15) is 11.3 Å². The smallest absolute Gasteiger partial charge is 0.328 e. The average Bonchev–Trinajstić information content (AvgIpc) is 2.96. The molecule has 0 radical (unpaired) electrons. The van der Waals surface area contributed by atoms with E-state index >= 15 is 0 Å². The highest BCUT2D eigenvalue weighted by molar-refractivity contribution is 5.93. The van der Waals surface area contributed by atoms with Crippen LogP contribution >= 0.6 is 0 Å². The number of ether oxygens (including phenoxy) is 1. The minimum absolute atomic E-state index is 0.0413. The van der Waals surface area contributed by atoms with Crippen molar-refractivity contribution in [3.63, 3.8) is 0 Å². The normalized spacial score (nSPS) is 10.5. The molecule has 0 saturated heterocycles. The molecule has 0 saturated carbocycles. The second kappa shape index (κ2) is 6.71. The molecule has 2 aromatic heterocycles. The molecule has 8 nitrogen and oxygen atoms in total. The Morgan fingerprint density at radius 1 is 1.48 bits per heavy atom. The van der Waals surface area contributed by atoms with Crippen molar-refractivity contribution < 1.29 is 13.9 Å². The molecule has 0 bridgehead atoms. The molecule has 112 valence electrons. The summed E-state index contributed by atoms with van der Waals surface area (Å²) in [6.07, 6.45) is 2.54. The average molecular weight is 293 g/mol. The summed E-state index contributed by atoms with van der Waals surface area (Å²) < 4.78 is 10.8. The van der Waals surface area contributed by atoms with Gasteiger partial charge in [-0.25, -0.2) is 4.79 Å². The van der Waals surface area contributed by atoms with Crippen LogP contribution in [0.5, 0.6) is 0 Å². The Morgan fingerprint density at radius 2 is 2.29 bits per heavy atom. The number of furan rings is 1. The minimum atomic E-state index is -0.676. The number of hydrogen-bond donors (Lipinski definition) is 2. The molecule has 0 aliphatic rings. The Hall–Kier alpha value is -2.61. The first kappa shape index (κ1) is 14.8. The fraction of sp³-hybridized carbons (Fsp3) is 0.308. The Labute approximate surface area is 119 Å². The standard InChI is InChI=1S/C13H15N3O5/c1-20-6-4-14-11(17)10-7-15-13(19)16(12(10)18)8-9-3-2-5-21-9/h2-3,5,7H,4,6,8H2,1H3,(H,14,17)(H,15,19).